The maximum atomic E-state index is 12.2. The van der Waals surface area contributed by atoms with Crippen molar-refractivity contribution in [2.45, 2.75) is 26.2 Å². The Morgan fingerprint density at radius 1 is 1.36 bits per heavy atom. The molecule has 2 rings (SSSR count). The van der Waals surface area contributed by atoms with Crippen LogP contribution in [-0.2, 0) is 4.79 Å². The number of rotatable bonds is 5. The van der Waals surface area contributed by atoms with Gasteiger partial charge < -0.3 is 15.3 Å². The van der Waals surface area contributed by atoms with Crippen LogP contribution in [0.5, 0.6) is 0 Å². The number of likely N-dealkylation sites (tertiary alicyclic amines) is 1. The summed E-state index contributed by atoms with van der Waals surface area (Å²) in [5, 5.41) is 21.4. The van der Waals surface area contributed by atoms with E-state index in [2.05, 4.69) is 18.3 Å². The molecular formula is C17H23N3O2. The van der Waals surface area contributed by atoms with Gasteiger partial charge in [0.1, 0.15) is 0 Å². The first-order valence-electron chi connectivity index (χ1n) is 7.75. The van der Waals surface area contributed by atoms with Crippen molar-refractivity contribution >= 4 is 11.6 Å². The van der Waals surface area contributed by atoms with E-state index in [0.717, 1.165) is 24.9 Å². The van der Waals surface area contributed by atoms with E-state index in [0.29, 0.717) is 18.7 Å². The van der Waals surface area contributed by atoms with Gasteiger partial charge in [-0.25, -0.2) is 0 Å². The number of hydrogen-bond acceptors (Lipinski definition) is 4. The van der Waals surface area contributed by atoms with E-state index in [-0.39, 0.29) is 24.5 Å². The quantitative estimate of drug-likeness (QED) is 0.872. The Hall–Kier alpha value is -2.06. The number of amides is 1. The third-order valence-electron chi connectivity index (χ3n) is 4.72. The van der Waals surface area contributed by atoms with Crippen molar-refractivity contribution in [3.05, 3.63) is 29.8 Å². The van der Waals surface area contributed by atoms with Gasteiger partial charge in [-0.1, -0.05) is 6.92 Å². The summed E-state index contributed by atoms with van der Waals surface area (Å²) in [6.07, 6.45) is 2.68. The van der Waals surface area contributed by atoms with E-state index in [9.17, 15) is 9.90 Å². The van der Waals surface area contributed by atoms with Gasteiger partial charge in [0, 0.05) is 25.4 Å². The summed E-state index contributed by atoms with van der Waals surface area (Å²) in [4.78, 5) is 14.1. The lowest BCUT2D eigenvalue weighted by atomic mass is 9.77. The van der Waals surface area contributed by atoms with Crippen LogP contribution < -0.4 is 5.32 Å². The third-order valence-corrected chi connectivity index (χ3v) is 4.72. The monoisotopic (exact) mass is 301 g/mol. The van der Waals surface area contributed by atoms with Crippen molar-refractivity contribution < 1.29 is 9.90 Å². The van der Waals surface area contributed by atoms with Crippen molar-refractivity contribution in [2.75, 3.05) is 31.6 Å². The molecule has 0 spiro atoms. The molecule has 2 N–H and O–H groups in total. The number of nitrogens with zero attached hydrogens (tertiary/aromatic N) is 2. The van der Waals surface area contributed by atoms with Crippen molar-refractivity contribution in [3.8, 4) is 6.07 Å². The van der Waals surface area contributed by atoms with Gasteiger partial charge in [0.15, 0.2) is 0 Å². The maximum absolute atomic E-state index is 12.2. The number of aliphatic hydroxyl groups is 1. The predicted molar refractivity (Wildman–Crippen MR) is 85.3 cm³/mol. The van der Waals surface area contributed by atoms with Crippen LogP contribution in [0, 0.1) is 16.7 Å². The zero-order valence-corrected chi connectivity index (χ0v) is 13.0. The summed E-state index contributed by atoms with van der Waals surface area (Å²) in [6.45, 7) is 3.98. The molecule has 1 amide bonds. The molecular weight excluding hydrogens is 278 g/mol. The van der Waals surface area contributed by atoms with Gasteiger partial charge in [-0.3, -0.25) is 4.79 Å². The van der Waals surface area contributed by atoms with Crippen molar-refractivity contribution in [1.82, 2.24) is 4.90 Å². The first-order valence-corrected chi connectivity index (χ1v) is 7.75. The van der Waals surface area contributed by atoms with Crippen LogP contribution in [0.15, 0.2) is 24.3 Å². The molecule has 1 aromatic rings. The van der Waals surface area contributed by atoms with Gasteiger partial charge in [-0.15, -0.1) is 0 Å². The molecule has 1 heterocycles. The van der Waals surface area contributed by atoms with Gasteiger partial charge >= 0.3 is 0 Å². The molecule has 0 aromatic heterocycles. The van der Waals surface area contributed by atoms with Crippen LogP contribution in [0.25, 0.3) is 0 Å². The number of nitriles is 1. The number of carbonyl (C=O) groups excluding carboxylic acids is 1. The minimum absolute atomic E-state index is 0.00264. The molecule has 0 aliphatic carbocycles. The molecule has 1 aromatic carbocycles. The fourth-order valence-corrected chi connectivity index (χ4v) is 2.81. The van der Waals surface area contributed by atoms with Gasteiger partial charge in [0.05, 0.1) is 18.2 Å². The summed E-state index contributed by atoms with van der Waals surface area (Å²) in [6, 6.07) is 9.12. The SMILES string of the molecule is CCC1(CO)CCN(C(=O)CNc2ccc(C#N)cc2)CC1. The summed E-state index contributed by atoms with van der Waals surface area (Å²) in [7, 11) is 0. The van der Waals surface area contributed by atoms with E-state index in [1.54, 1.807) is 24.3 Å². The molecule has 0 bridgehead atoms. The molecule has 5 heteroatoms. The molecule has 1 fully saturated rings. The number of nitrogens with one attached hydrogen (secondary N) is 1. The molecule has 1 aliphatic heterocycles. The lowest BCUT2D eigenvalue weighted by Gasteiger charge is -2.40. The lowest BCUT2D eigenvalue weighted by molar-refractivity contribution is -0.132. The molecule has 0 saturated carbocycles. The molecule has 1 aliphatic rings. The Morgan fingerprint density at radius 3 is 2.50 bits per heavy atom. The van der Waals surface area contributed by atoms with Gasteiger partial charge in [-0.2, -0.15) is 5.26 Å². The number of aliphatic hydroxyl groups excluding tert-OH is 1. The molecule has 5 nitrogen and oxygen atoms in total. The largest absolute Gasteiger partial charge is 0.396 e. The average Bonchev–Trinajstić information content (AvgIpc) is 2.60. The highest BCUT2D eigenvalue weighted by Crippen LogP contribution is 2.34. The molecule has 0 atom stereocenters. The Bertz CT molecular complexity index is 534. The Kier molecular flexibility index (Phi) is 5.40. The molecule has 22 heavy (non-hydrogen) atoms. The second kappa shape index (κ2) is 7.28. The highest BCUT2D eigenvalue weighted by Gasteiger charge is 2.33. The van der Waals surface area contributed by atoms with Crippen molar-refractivity contribution in [3.63, 3.8) is 0 Å². The van der Waals surface area contributed by atoms with Gasteiger partial charge in [0.25, 0.3) is 0 Å². The first-order chi connectivity index (χ1) is 10.6. The Morgan fingerprint density at radius 2 is 2.00 bits per heavy atom. The van der Waals surface area contributed by atoms with Crippen molar-refractivity contribution in [2.24, 2.45) is 5.41 Å². The van der Waals surface area contributed by atoms with Crippen LogP contribution in [0.2, 0.25) is 0 Å². The summed E-state index contributed by atoms with van der Waals surface area (Å²) in [5.41, 5.74) is 1.44. The maximum Gasteiger partial charge on any atom is 0.241 e. The fraction of sp³-hybridized carbons (Fsp3) is 0.529. The van der Waals surface area contributed by atoms with Crippen LogP contribution in [0.1, 0.15) is 31.7 Å². The van der Waals surface area contributed by atoms with E-state index >= 15 is 0 Å². The molecule has 0 radical (unpaired) electrons. The van der Waals surface area contributed by atoms with Crippen molar-refractivity contribution in [1.29, 1.82) is 5.26 Å². The molecule has 118 valence electrons. The number of piperidine rings is 1. The van der Waals surface area contributed by atoms with E-state index < -0.39 is 0 Å². The summed E-state index contributed by atoms with van der Waals surface area (Å²) in [5.74, 6) is 0.0759. The van der Waals surface area contributed by atoms with Crippen LogP contribution in [0.3, 0.4) is 0 Å². The van der Waals surface area contributed by atoms with E-state index in [1.165, 1.54) is 0 Å². The standard InChI is InChI=1S/C17H23N3O2/c1-2-17(13-21)7-9-20(10-8-17)16(22)12-19-15-5-3-14(11-18)4-6-15/h3-6,19,21H,2,7-10,12-13H2,1H3. The van der Waals surface area contributed by atoms with Crippen LogP contribution in [-0.4, -0.2) is 42.2 Å². The summed E-state index contributed by atoms with van der Waals surface area (Å²) < 4.78 is 0. The highest BCUT2D eigenvalue weighted by molar-refractivity contribution is 5.81. The summed E-state index contributed by atoms with van der Waals surface area (Å²) >= 11 is 0. The minimum Gasteiger partial charge on any atom is -0.396 e. The fourth-order valence-electron chi connectivity index (χ4n) is 2.81. The molecule has 0 unspecified atom stereocenters. The average molecular weight is 301 g/mol. The smallest absolute Gasteiger partial charge is 0.241 e. The first kappa shape index (κ1) is 16.3. The second-order valence-corrected chi connectivity index (χ2v) is 5.94. The number of carbonyl (C=O) groups is 1. The third kappa shape index (κ3) is 3.77. The topological polar surface area (TPSA) is 76.4 Å². The Labute approximate surface area is 131 Å². The number of anilines is 1. The predicted octanol–water partition coefficient (Wildman–Crippen LogP) is 1.98. The van der Waals surface area contributed by atoms with E-state index in [4.69, 9.17) is 5.26 Å². The normalized spacial score (nSPS) is 16.9. The Balaban J connectivity index is 1.82. The van der Waals surface area contributed by atoms with Crippen LogP contribution in [0.4, 0.5) is 5.69 Å². The molecule has 1 saturated heterocycles. The lowest BCUT2D eigenvalue weighted by Crippen LogP contribution is -2.46. The minimum atomic E-state index is -0.00264. The van der Waals surface area contributed by atoms with Crippen LogP contribution >= 0.6 is 0 Å². The highest BCUT2D eigenvalue weighted by atomic mass is 16.3. The van der Waals surface area contributed by atoms with E-state index in [1.807, 2.05) is 4.90 Å². The number of benzene rings is 1. The second-order valence-electron chi connectivity index (χ2n) is 5.94. The zero-order chi connectivity index (χ0) is 16.0. The van der Waals surface area contributed by atoms with Gasteiger partial charge in [0.2, 0.25) is 5.91 Å². The van der Waals surface area contributed by atoms with Gasteiger partial charge in [-0.05, 0) is 48.9 Å². The number of hydrogen-bond donors (Lipinski definition) is 2. The zero-order valence-electron chi connectivity index (χ0n) is 13.0.